The highest BCUT2D eigenvalue weighted by atomic mass is 35.5. The van der Waals surface area contributed by atoms with Gasteiger partial charge in [-0.3, -0.25) is 11.3 Å². The second-order valence-corrected chi connectivity index (χ2v) is 5.08. The predicted octanol–water partition coefficient (Wildman–Crippen LogP) is 2.14. The first kappa shape index (κ1) is 12.8. The van der Waals surface area contributed by atoms with Gasteiger partial charge in [0.1, 0.15) is 0 Å². The molecule has 3 nitrogen and oxygen atoms in total. The molecule has 3 N–H and O–H groups in total. The monoisotopic (exact) mass is 254 g/mol. The molecule has 4 heteroatoms. The standard InChI is InChI=1S/C13H19ClN2O/c1-17-13(10-5-6-10)12(16-15)8-9-3-2-4-11(14)7-9/h2-4,7,10,12-13,16H,5-6,8,15H2,1H3. The van der Waals surface area contributed by atoms with Gasteiger partial charge in [-0.1, -0.05) is 23.7 Å². The third kappa shape index (κ3) is 3.42. The summed E-state index contributed by atoms with van der Waals surface area (Å²) in [6.45, 7) is 0. The number of benzene rings is 1. The zero-order valence-electron chi connectivity index (χ0n) is 10.0. The lowest BCUT2D eigenvalue weighted by Crippen LogP contribution is -2.47. The molecule has 1 saturated carbocycles. The average Bonchev–Trinajstić information content (AvgIpc) is 3.13. The van der Waals surface area contributed by atoms with Gasteiger partial charge in [-0.15, -0.1) is 0 Å². The van der Waals surface area contributed by atoms with Crippen LogP contribution >= 0.6 is 11.6 Å². The van der Waals surface area contributed by atoms with Crippen molar-refractivity contribution in [1.29, 1.82) is 0 Å². The molecule has 0 saturated heterocycles. The molecule has 2 rings (SSSR count). The second-order valence-electron chi connectivity index (χ2n) is 4.64. The molecule has 2 unspecified atom stereocenters. The normalized spacial score (nSPS) is 19.0. The number of hydrogen-bond acceptors (Lipinski definition) is 3. The van der Waals surface area contributed by atoms with Crippen LogP contribution < -0.4 is 11.3 Å². The van der Waals surface area contributed by atoms with Gasteiger partial charge in [0.2, 0.25) is 0 Å². The van der Waals surface area contributed by atoms with E-state index < -0.39 is 0 Å². The SMILES string of the molecule is COC(C1CC1)C(Cc1cccc(Cl)c1)NN. The van der Waals surface area contributed by atoms with E-state index in [2.05, 4.69) is 11.5 Å². The van der Waals surface area contributed by atoms with Crippen molar-refractivity contribution >= 4 is 11.6 Å². The van der Waals surface area contributed by atoms with Crippen molar-refractivity contribution < 1.29 is 4.74 Å². The van der Waals surface area contributed by atoms with Gasteiger partial charge < -0.3 is 4.74 Å². The maximum Gasteiger partial charge on any atom is 0.0769 e. The largest absolute Gasteiger partial charge is 0.379 e. The molecule has 1 fully saturated rings. The van der Waals surface area contributed by atoms with E-state index in [1.54, 1.807) is 7.11 Å². The summed E-state index contributed by atoms with van der Waals surface area (Å²) in [6.07, 6.45) is 3.52. The lowest BCUT2D eigenvalue weighted by molar-refractivity contribution is 0.0511. The fraction of sp³-hybridized carbons (Fsp3) is 0.538. The Morgan fingerprint density at radius 1 is 1.53 bits per heavy atom. The van der Waals surface area contributed by atoms with Crippen molar-refractivity contribution in [2.45, 2.75) is 31.4 Å². The number of nitrogens with two attached hydrogens (primary N) is 1. The van der Waals surface area contributed by atoms with Crippen LogP contribution in [0.3, 0.4) is 0 Å². The van der Waals surface area contributed by atoms with E-state index in [0.29, 0.717) is 5.92 Å². The van der Waals surface area contributed by atoms with Crippen molar-refractivity contribution in [2.75, 3.05) is 7.11 Å². The topological polar surface area (TPSA) is 47.3 Å². The summed E-state index contributed by atoms with van der Waals surface area (Å²) >= 11 is 5.98. The van der Waals surface area contributed by atoms with Gasteiger partial charge in [0, 0.05) is 12.1 Å². The molecule has 0 amide bonds. The number of halogens is 1. The van der Waals surface area contributed by atoms with Crippen LogP contribution in [0.1, 0.15) is 18.4 Å². The Hall–Kier alpha value is -0.610. The molecule has 2 atom stereocenters. The molecule has 1 aromatic rings. The molecular weight excluding hydrogens is 236 g/mol. The molecule has 0 heterocycles. The average molecular weight is 255 g/mol. The van der Waals surface area contributed by atoms with Crippen molar-refractivity contribution in [3.8, 4) is 0 Å². The quantitative estimate of drug-likeness (QED) is 0.604. The highest BCUT2D eigenvalue weighted by Gasteiger charge is 2.36. The minimum absolute atomic E-state index is 0.144. The summed E-state index contributed by atoms with van der Waals surface area (Å²) in [5.41, 5.74) is 4.06. The summed E-state index contributed by atoms with van der Waals surface area (Å²) in [5, 5.41) is 0.763. The Morgan fingerprint density at radius 3 is 2.82 bits per heavy atom. The van der Waals surface area contributed by atoms with Crippen LogP contribution in [0.15, 0.2) is 24.3 Å². The van der Waals surface area contributed by atoms with E-state index in [-0.39, 0.29) is 12.1 Å². The third-order valence-corrected chi connectivity index (χ3v) is 3.55. The molecule has 17 heavy (non-hydrogen) atoms. The van der Waals surface area contributed by atoms with Gasteiger partial charge in [-0.2, -0.15) is 0 Å². The number of ether oxygens (including phenoxy) is 1. The number of hydrogen-bond donors (Lipinski definition) is 2. The van der Waals surface area contributed by atoms with Crippen LogP contribution in [0.25, 0.3) is 0 Å². The van der Waals surface area contributed by atoms with E-state index in [0.717, 1.165) is 11.4 Å². The first-order valence-electron chi connectivity index (χ1n) is 5.98. The Morgan fingerprint density at radius 2 is 2.29 bits per heavy atom. The first-order chi connectivity index (χ1) is 8.24. The fourth-order valence-corrected chi connectivity index (χ4v) is 2.51. The molecule has 94 valence electrons. The van der Waals surface area contributed by atoms with Gasteiger partial charge in [-0.05, 0) is 42.9 Å². The minimum atomic E-state index is 0.144. The van der Waals surface area contributed by atoms with E-state index in [1.807, 2.05) is 18.2 Å². The summed E-state index contributed by atoms with van der Waals surface area (Å²) in [6, 6.07) is 8.03. The van der Waals surface area contributed by atoms with Crippen molar-refractivity contribution in [2.24, 2.45) is 11.8 Å². The lowest BCUT2D eigenvalue weighted by atomic mass is 9.99. The predicted molar refractivity (Wildman–Crippen MR) is 69.8 cm³/mol. The number of methoxy groups -OCH3 is 1. The van der Waals surface area contributed by atoms with Crippen LogP contribution in [-0.4, -0.2) is 19.3 Å². The molecule has 0 aromatic heterocycles. The Labute approximate surface area is 107 Å². The minimum Gasteiger partial charge on any atom is -0.379 e. The van der Waals surface area contributed by atoms with Crippen molar-refractivity contribution in [3.63, 3.8) is 0 Å². The van der Waals surface area contributed by atoms with E-state index in [4.69, 9.17) is 22.2 Å². The maximum absolute atomic E-state index is 5.98. The van der Waals surface area contributed by atoms with Gasteiger partial charge in [0.15, 0.2) is 0 Å². The highest BCUT2D eigenvalue weighted by Crippen LogP contribution is 2.36. The van der Waals surface area contributed by atoms with Crippen LogP contribution in [-0.2, 0) is 11.2 Å². The van der Waals surface area contributed by atoms with Crippen molar-refractivity contribution in [1.82, 2.24) is 5.43 Å². The first-order valence-corrected chi connectivity index (χ1v) is 6.35. The second kappa shape index (κ2) is 5.83. The van der Waals surface area contributed by atoms with E-state index in [9.17, 15) is 0 Å². The van der Waals surface area contributed by atoms with Crippen LogP contribution in [0, 0.1) is 5.92 Å². The van der Waals surface area contributed by atoms with Crippen LogP contribution in [0.4, 0.5) is 0 Å². The lowest BCUT2D eigenvalue weighted by Gasteiger charge is -2.25. The Bertz CT molecular complexity index is 368. The smallest absolute Gasteiger partial charge is 0.0769 e. The van der Waals surface area contributed by atoms with E-state index in [1.165, 1.54) is 18.4 Å². The van der Waals surface area contributed by atoms with Gasteiger partial charge in [0.25, 0.3) is 0 Å². The molecule has 1 aromatic carbocycles. The molecule has 1 aliphatic carbocycles. The fourth-order valence-electron chi connectivity index (χ4n) is 2.30. The van der Waals surface area contributed by atoms with Crippen LogP contribution in [0.5, 0.6) is 0 Å². The van der Waals surface area contributed by atoms with Gasteiger partial charge >= 0.3 is 0 Å². The highest BCUT2D eigenvalue weighted by molar-refractivity contribution is 6.30. The van der Waals surface area contributed by atoms with Crippen molar-refractivity contribution in [3.05, 3.63) is 34.9 Å². The zero-order valence-corrected chi connectivity index (χ0v) is 10.8. The molecule has 0 aliphatic heterocycles. The third-order valence-electron chi connectivity index (χ3n) is 3.31. The summed E-state index contributed by atoms with van der Waals surface area (Å²) in [5.74, 6) is 6.29. The van der Waals surface area contributed by atoms with E-state index >= 15 is 0 Å². The zero-order chi connectivity index (χ0) is 12.3. The molecule has 0 bridgehead atoms. The maximum atomic E-state index is 5.98. The molecule has 0 radical (unpaired) electrons. The summed E-state index contributed by atoms with van der Waals surface area (Å²) in [4.78, 5) is 0. The summed E-state index contributed by atoms with van der Waals surface area (Å²) in [7, 11) is 1.76. The number of nitrogens with one attached hydrogen (secondary N) is 1. The molecule has 1 aliphatic rings. The van der Waals surface area contributed by atoms with Gasteiger partial charge in [-0.25, -0.2) is 0 Å². The molecule has 0 spiro atoms. The van der Waals surface area contributed by atoms with Crippen LogP contribution in [0.2, 0.25) is 5.02 Å². The molecular formula is C13H19ClN2O. The summed E-state index contributed by atoms with van der Waals surface area (Å²) < 4.78 is 5.55. The number of rotatable bonds is 6. The van der Waals surface area contributed by atoms with Gasteiger partial charge in [0.05, 0.1) is 12.1 Å². The Balaban J connectivity index is 2.03. The Kier molecular flexibility index (Phi) is 4.40. The number of hydrazine groups is 1.